The predicted molar refractivity (Wildman–Crippen MR) is 98.3 cm³/mol. The van der Waals surface area contributed by atoms with Gasteiger partial charge in [0.2, 0.25) is 5.91 Å². The maximum atomic E-state index is 11.1. The molecule has 1 amide bonds. The van der Waals surface area contributed by atoms with E-state index >= 15 is 0 Å². The van der Waals surface area contributed by atoms with E-state index in [0.29, 0.717) is 6.54 Å². The lowest BCUT2D eigenvalue weighted by Crippen LogP contribution is -2.34. The largest absolute Gasteiger partial charge is 0.351 e. The van der Waals surface area contributed by atoms with Gasteiger partial charge in [-0.3, -0.25) is 9.48 Å². The van der Waals surface area contributed by atoms with Crippen LogP contribution in [0.5, 0.6) is 0 Å². The summed E-state index contributed by atoms with van der Waals surface area (Å²) in [6.45, 7) is 4.31. The maximum Gasteiger partial charge on any atom is 0.217 e. The number of rotatable bonds is 4. The highest BCUT2D eigenvalue weighted by Crippen LogP contribution is 2.22. The van der Waals surface area contributed by atoms with Crippen molar-refractivity contribution in [2.24, 2.45) is 0 Å². The van der Waals surface area contributed by atoms with Crippen LogP contribution in [0.1, 0.15) is 18.3 Å². The summed E-state index contributed by atoms with van der Waals surface area (Å²) in [6, 6.07) is 16.1. The molecule has 4 rings (SSSR count). The van der Waals surface area contributed by atoms with Crippen LogP contribution in [0.25, 0.3) is 11.3 Å². The standard InChI is InChI=1S/C19H20N6O/c1-14(26)20-12-16-11-17-13-24(9-10-25(17)23-16)19-8-7-18(21-22-19)15-5-3-2-4-6-15/h2-8,11H,9-10,12-13H2,1H3,(H,20,26). The fourth-order valence-corrected chi connectivity index (χ4v) is 3.08. The lowest BCUT2D eigenvalue weighted by atomic mass is 10.1. The van der Waals surface area contributed by atoms with Gasteiger partial charge < -0.3 is 10.2 Å². The van der Waals surface area contributed by atoms with Crippen LogP contribution in [-0.2, 0) is 24.4 Å². The normalized spacial score (nSPS) is 13.3. The molecule has 0 spiro atoms. The molecule has 2 aromatic heterocycles. The number of nitrogens with zero attached hydrogens (tertiary/aromatic N) is 5. The SMILES string of the molecule is CC(=O)NCc1cc2n(n1)CCN(c1ccc(-c3ccccc3)nn1)C2. The Balaban J connectivity index is 1.47. The number of fused-ring (bicyclic) bond motifs is 1. The number of hydrogen-bond donors (Lipinski definition) is 1. The third-order valence-electron chi connectivity index (χ3n) is 4.41. The highest BCUT2D eigenvalue weighted by atomic mass is 16.1. The zero-order chi connectivity index (χ0) is 17.9. The monoisotopic (exact) mass is 348 g/mol. The number of anilines is 1. The third-order valence-corrected chi connectivity index (χ3v) is 4.41. The van der Waals surface area contributed by atoms with Gasteiger partial charge in [-0.15, -0.1) is 10.2 Å². The molecule has 3 heterocycles. The molecule has 0 unspecified atom stereocenters. The van der Waals surface area contributed by atoms with Gasteiger partial charge in [-0.2, -0.15) is 5.10 Å². The average Bonchev–Trinajstić information content (AvgIpc) is 3.09. The van der Waals surface area contributed by atoms with Crippen molar-refractivity contribution in [1.82, 2.24) is 25.3 Å². The number of hydrogen-bond acceptors (Lipinski definition) is 5. The lowest BCUT2D eigenvalue weighted by Gasteiger charge is -2.28. The minimum atomic E-state index is -0.0496. The molecule has 1 aromatic carbocycles. The van der Waals surface area contributed by atoms with E-state index in [2.05, 4.69) is 25.5 Å². The molecule has 3 aromatic rings. The summed E-state index contributed by atoms with van der Waals surface area (Å²) in [5.74, 6) is 0.812. The highest BCUT2D eigenvalue weighted by Gasteiger charge is 2.20. The van der Waals surface area contributed by atoms with Gasteiger partial charge in [-0.05, 0) is 18.2 Å². The Kier molecular flexibility index (Phi) is 4.35. The van der Waals surface area contributed by atoms with Crippen molar-refractivity contribution in [3.8, 4) is 11.3 Å². The first kappa shape index (κ1) is 16.3. The minimum Gasteiger partial charge on any atom is -0.351 e. The summed E-state index contributed by atoms with van der Waals surface area (Å²) in [7, 11) is 0. The van der Waals surface area contributed by atoms with Gasteiger partial charge in [0.05, 0.1) is 36.7 Å². The first-order valence-electron chi connectivity index (χ1n) is 8.63. The van der Waals surface area contributed by atoms with E-state index in [0.717, 1.165) is 48.1 Å². The van der Waals surface area contributed by atoms with Crippen molar-refractivity contribution in [1.29, 1.82) is 0 Å². The first-order chi connectivity index (χ1) is 12.7. The van der Waals surface area contributed by atoms with Crippen molar-refractivity contribution in [2.75, 3.05) is 11.4 Å². The van der Waals surface area contributed by atoms with Gasteiger partial charge in [0.25, 0.3) is 0 Å². The van der Waals surface area contributed by atoms with Crippen molar-refractivity contribution < 1.29 is 4.79 Å². The van der Waals surface area contributed by atoms with Crippen LogP contribution in [0, 0.1) is 0 Å². The van der Waals surface area contributed by atoms with Gasteiger partial charge in [0.1, 0.15) is 0 Å². The van der Waals surface area contributed by atoms with Gasteiger partial charge >= 0.3 is 0 Å². The van der Waals surface area contributed by atoms with E-state index in [1.54, 1.807) is 0 Å². The molecule has 0 aliphatic carbocycles. The van der Waals surface area contributed by atoms with Crippen LogP contribution in [0.15, 0.2) is 48.5 Å². The lowest BCUT2D eigenvalue weighted by molar-refractivity contribution is -0.119. The molecule has 1 N–H and O–H groups in total. The van der Waals surface area contributed by atoms with Crippen LogP contribution in [0.4, 0.5) is 5.82 Å². The third kappa shape index (κ3) is 3.42. The Morgan fingerprint density at radius 1 is 1.12 bits per heavy atom. The molecule has 7 heteroatoms. The molecule has 0 radical (unpaired) electrons. The molecule has 132 valence electrons. The van der Waals surface area contributed by atoms with Crippen molar-refractivity contribution >= 4 is 11.7 Å². The molecule has 0 atom stereocenters. The second-order valence-corrected chi connectivity index (χ2v) is 6.32. The number of benzene rings is 1. The summed E-state index contributed by atoms with van der Waals surface area (Å²) >= 11 is 0. The fourth-order valence-electron chi connectivity index (χ4n) is 3.08. The number of nitrogens with one attached hydrogen (secondary N) is 1. The average molecular weight is 348 g/mol. The van der Waals surface area contributed by atoms with Gasteiger partial charge in [-0.25, -0.2) is 0 Å². The molecule has 1 aliphatic rings. The Labute approximate surface area is 151 Å². The second-order valence-electron chi connectivity index (χ2n) is 6.32. The zero-order valence-corrected chi connectivity index (χ0v) is 14.6. The topological polar surface area (TPSA) is 75.9 Å². The summed E-state index contributed by atoms with van der Waals surface area (Å²) in [5.41, 5.74) is 3.92. The van der Waals surface area contributed by atoms with E-state index in [9.17, 15) is 4.79 Å². The van der Waals surface area contributed by atoms with Crippen molar-refractivity contribution in [3.05, 3.63) is 59.9 Å². The molecule has 0 saturated carbocycles. The Bertz CT molecular complexity index is 904. The Hall–Kier alpha value is -3.22. The van der Waals surface area contributed by atoms with Crippen LogP contribution in [0.2, 0.25) is 0 Å². The molecule has 0 bridgehead atoms. The Morgan fingerprint density at radius 2 is 1.96 bits per heavy atom. The fraction of sp³-hybridized carbons (Fsp3) is 0.263. The molecule has 0 saturated heterocycles. The van der Waals surface area contributed by atoms with Crippen molar-refractivity contribution in [2.45, 2.75) is 26.6 Å². The summed E-state index contributed by atoms with van der Waals surface area (Å²) < 4.78 is 2.00. The number of carbonyl (C=O) groups is 1. The van der Waals surface area contributed by atoms with Crippen LogP contribution in [0.3, 0.4) is 0 Å². The van der Waals surface area contributed by atoms with E-state index in [1.165, 1.54) is 6.92 Å². The van der Waals surface area contributed by atoms with Crippen LogP contribution >= 0.6 is 0 Å². The first-order valence-corrected chi connectivity index (χ1v) is 8.63. The van der Waals surface area contributed by atoms with E-state index in [1.807, 2.05) is 53.2 Å². The smallest absolute Gasteiger partial charge is 0.217 e. The van der Waals surface area contributed by atoms with Gasteiger partial charge in [0.15, 0.2) is 5.82 Å². The molecular weight excluding hydrogens is 328 g/mol. The Morgan fingerprint density at radius 3 is 2.69 bits per heavy atom. The van der Waals surface area contributed by atoms with E-state index in [4.69, 9.17) is 0 Å². The zero-order valence-electron chi connectivity index (χ0n) is 14.6. The molecule has 0 fully saturated rings. The molecule has 7 nitrogen and oxygen atoms in total. The van der Waals surface area contributed by atoms with Crippen LogP contribution in [-0.4, -0.2) is 32.4 Å². The summed E-state index contributed by atoms with van der Waals surface area (Å²) in [4.78, 5) is 13.3. The van der Waals surface area contributed by atoms with Gasteiger partial charge in [-0.1, -0.05) is 30.3 Å². The van der Waals surface area contributed by atoms with Crippen molar-refractivity contribution in [3.63, 3.8) is 0 Å². The predicted octanol–water partition coefficient (Wildman–Crippen LogP) is 2.00. The molecule has 1 aliphatic heterocycles. The van der Waals surface area contributed by atoms with Crippen LogP contribution < -0.4 is 10.2 Å². The summed E-state index contributed by atoms with van der Waals surface area (Å²) in [6.07, 6.45) is 0. The minimum absolute atomic E-state index is 0.0496. The van der Waals surface area contributed by atoms with E-state index in [-0.39, 0.29) is 5.91 Å². The molecule has 26 heavy (non-hydrogen) atoms. The summed E-state index contributed by atoms with van der Waals surface area (Å²) in [5, 5.41) is 16.1. The highest BCUT2D eigenvalue weighted by molar-refractivity contribution is 5.72. The maximum absolute atomic E-state index is 11.1. The number of aromatic nitrogens is 4. The van der Waals surface area contributed by atoms with E-state index < -0.39 is 0 Å². The number of amides is 1. The quantitative estimate of drug-likeness (QED) is 0.780. The molecular formula is C19H20N6O. The number of carbonyl (C=O) groups excluding carboxylic acids is 1. The second kappa shape index (κ2) is 6.95. The van der Waals surface area contributed by atoms with Gasteiger partial charge in [0, 0.05) is 19.0 Å².